The molecule has 5 nitrogen and oxygen atoms in total. The van der Waals surface area contributed by atoms with Crippen LogP contribution in [0.15, 0.2) is 65.7 Å². The number of halogens is 1. The fourth-order valence-corrected chi connectivity index (χ4v) is 4.39. The predicted octanol–water partition coefficient (Wildman–Crippen LogP) is 4.68. The molecule has 0 radical (unpaired) electrons. The van der Waals surface area contributed by atoms with Crippen LogP contribution in [-0.4, -0.2) is 24.3 Å². The van der Waals surface area contributed by atoms with Crippen LogP contribution in [0.25, 0.3) is 11.3 Å². The van der Waals surface area contributed by atoms with Crippen molar-refractivity contribution in [3.05, 3.63) is 72.2 Å². The van der Waals surface area contributed by atoms with Crippen molar-refractivity contribution in [2.24, 2.45) is 0 Å². The molecule has 0 fully saturated rings. The van der Waals surface area contributed by atoms with E-state index in [0.29, 0.717) is 18.1 Å². The van der Waals surface area contributed by atoms with Crippen LogP contribution in [0.3, 0.4) is 0 Å². The number of nitrogens with zero attached hydrogens (tertiary/aromatic N) is 1. The number of hydrogen-bond acceptors (Lipinski definition) is 3. The lowest BCUT2D eigenvalue weighted by Crippen LogP contribution is -2.29. The lowest BCUT2D eigenvalue weighted by atomic mass is 10.1. The summed E-state index contributed by atoms with van der Waals surface area (Å²) in [5.41, 5.74) is 2.94. The third kappa shape index (κ3) is 5.01. The quantitative estimate of drug-likeness (QED) is 0.496. The van der Waals surface area contributed by atoms with Crippen molar-refractivity contribution < 1.29 is 8.42 Å². The predicted molar refractivity (Wildman–Crippen MR) is 113 cm³/mol. The monoisotopic (exact) mass is 417 g/mol. The summed E-state index contributed by atoms with van der Waals surface area (Å²) >= 11 is 5.71. The van der Waals surface area contributed by atoms with Crippen molar-refractivity contribution in [1.29, 1.82) is 0 Å². The standard InChI is InChI=1S/C21H24ClN3O2S/c1-2-19(21-23-15-20(24-21)17-8-4-3-5-9-17)25-28(26,27)18-12-10-16(11-13-18)7-6-14-22/h3-5,8-13,15,19,25H,2,6-7,14H2,1H3,(H,23,24). The highest BCUT2D eigenvalue weighted by Crippen LogP contribution is 2.22. The molecule has 0 aliphatic carbocycles. The summed E-state index contributed by atoms with van der Waals surface area (Å²) in [5, 5.41) is 0. The van der Waals surface area contributed by atoms with Crippen molar-refractivity contribution in [1.82, 2.24) is 14.7 Å². The molecule has 1 atom stereocenters. The van der Waals surface area contributed by atoms with E-state index in [1.807, 2.05) is 49.4 Å². The van der Waals surface area contributed by atoms with Crippen LogP contribution >= 0.6 is 11.6 Å². The van der Waals surface area contributed by atoms with E-state index in [1.54, 1.807) is 18.3 Å². The lowest BCUT2D eigenvalue weighted by Gasteiger charge is -2.15. The Kier molecular flexibility index (Phi) is 6.88. The molecule has 1 unspecified atom stereocenters. The first-order valence-corrected chi connectivity index (χ1v) is 11.3. The van der Waals surface area contributed by atoms with Crippen LogP contribution in [0, 0.1) is 0 Å². The zero-order chi connectivity index (χ0) is 20.0. The largest absolute Gasteiger partial charge is 0.341 e. The molecule has 0 amide bonds. The minimum absolute atomic E-state index is 0.246. The van der Waals surface area contributed by atoms with Gasteiger partial charge in [-0.15, -0.1) is 11.6 Å². The Balaban J connectivity index is 1.75. The number of aromatic nitrogens is 2. The molecule has 28 heavy (non-hydrogen) atoms. The molecule has 0 spiro atoms. The molecule has 0 saturated heterocycles. The molecular formula is C21H24ClN3O2S. The molecule has 0 aliphatic rings. The zero-order valence-electron chi connectivity index (χ0n) is 15.7. The number of imidazole rings is 1. The average molecular weight is 418 g/mol. The lowest BCUT2D eigenvalue weighted by molar-refractivity contribution is 0.539. The van der Waals surface area contributed by atoms with E-state index in [4.69, 9.17) is 11.6 Å². The van der Waals surface area contributed by atoms with Crippen LogP contribution in [0.2, 0.25) is 0 Å². The summed E-state index contributed by atoms with van der Waals surface area (Å²) in [5.74, 6) is 1.19. The van der Waals surface area contributed by atoms with Gasteiger partial charge in [0.05, 0.1) is 22.8 Å². The zero-order valence-corrected chi connectivity index (χ0v) is 17.3. The molecule has 2 N–H and O–H groups in total. The highest BCUT2D eigenvalue weighted by molar-refractivity contribution is 7.89. The summed E-state index contributed by atoms with van der Waals surface area (Å²) in [6.45, 7) is 1.92. The van der Waals surface area contributed by atoms with Gasteiger partial charge in [0.25, 0.3) is 0 Å². The minimum Gasteiger partial charge on any atom is -0.341 e. The number of rotatable bonds is 9. The minimum atomic E-state index is -3.65. The number of aryl methyl sites for hydroxylation is 1. The second kappa shape index (κ2) is 9.37. The molecular weight excluding hydrogens is 394 g/mol. The number of sulfonamides is 1. The van der Waals surface area contributed by atoms with Crippen molar-refractivity contribution in [3.63, 3.8) is 0 Å². The summed E-state index contributed by atoms with van der Waals surface area (Å²) in [7, 11) is -3.65. The average Bonchev–Trinajstić information content (AvgIpc) is 3.21. The Labute approximate surface area is 171 Å². The second-order valence-corrected chi connectivity index (χ2v) is 8.66. The van der Waals surface area contributed by atoms with Crippen LogP contribution in [0.1, 0.15) is 37.2 Å². The summed E-state index contributed by atoms with van der Waals surface area (Å²) in [6, 6.07) is 16.3. The first-order valence-electron chi connectivity index (χ1n) is 9.31. The second-order valence-electron chi connectivity index (χ2n) is 6.57. The Hall–Kier alpha value is -2.15. The molecule has 1 heterocycles. The fraction of sp³-hybridized carbons (Fsp3) is 0.286. The Morgan fingerprint density at radius 3 is 2.46 bits per heavy atom. The van der Waals surface area contributed by atoms with E-state index in [1.165, 1.54) is 0 Å². The van der Waals surface area contributed by atoms with E-state index < -0.39 is 16.1 Å². The van der Waals surface area contributed by atoms with E-state index in [0.717, 1.165) is 29.7 Å². The van der Waals surface area contributed by atoms with Crippen molar-refractivity contribution in [3.8, 4) is 11.3 Å². The van der Waals surface area contributed by atoms with Crippen LogP contribution in [0.4, 0.5) is 0 Å². The van der Waals surface area contributed by atoms with Gasteiger partial charge in [-0.3, -0.25) is 0 Å². The SMILES string of the molecule is CCC(NS(=O)(=O)c1ccc(CCCCl)cc1)c1ncc(-c2ccccc2)[nH]1. The number of H-pyrrole nitrogens is 1. The highest BCUT2D eigenvalue weighted by atomic mass is 35.5. The van der Waals surface area contributed by atoms with Gasteiger partial charge >= 0.3 is 0 Å². The Morgan fingerprint density at radius 1 is 1.11 bits per heavy atom. The highest BCUT2D eigenvalue weighted by Gasteiger charge is 2.22. The number of aromatic amines is 1. The molecule has 7 heteroatoms. The topological polar surface area (TPSA) is 74.8 Å². The van der Waals surface area contributed by atoms with Gasteiger partial charge in [-0.25, -0.2) is 18.1 Å². The number of alkyl halides is 1. The number of nitrogens with one attached hydrogen (secondary N) is 2. The molecule has 3 aromatic rings. The summed E-state index contributed by atoms with van der Waals surface area (Å²) < 4.78 is 28.4. The van der Waals surface area contributed by atoms with Gasteiger partial charge in [0, 0.05) is 5.88 Å². The van der Waals surface area contributed by atoms with E-state index >= 15 is 0 Å². The number of benzene rings is 2. The van der Waals surface area contributed by atoms with Gasteiger partial charge in [0.1, 0.15) is 5.82 Å². The third-order valence-electron chi connectivity index (χ3n) is 4.55. The summed E-state index contributed by atoms with van der Waals surface area (Å²) in [6.07, 6.45) is 4.01. The fourth-order valence-electron chi connectivity index (χ4n) is 2.97. The van der Waals surface area contributed by atoms with Crippen molar-refractivity contribution in [2.75, 3.05) is 5.88 Å². The molecule has 0 bridgehead atoms. The van der Waals surface area contributed by atoms with Gasteiger partial charge in [-0.1, -0.05) is 49.4 Å². The Bertz CT molecular complexity index is 986. The van der Waals surface area contributed by atoms with E-state index in [-0.39, 0.29) is 4.90 Å². The first kappa shape index (κ1) is 20.6. The van der Waals surface area contributed by atoms with Gasteiger partial charge < -0.3 is 4.98 Å². The van der Waals surface area contributed by atoms with Crippen LogP contribution in [0.5, 0.6) is 0 Å². The van der Waals surface area contributed by atoms with Gasteiger partial charge in [0.15, 0.2) is 0 Å². The molecule has 1 aromatic heterocycles. The van der Waals surface area contributed by atoms with Gasteiger partial charge in [0.2, 0.25) is 10.0 Å². The maximum atomic E-state index is 12.8. The Morgan fingerprint density at radius 2 is 1.82 bits per heavy atom. The van der Waals surface area contributed by atoms with E-state index in [2.05, 4.69) is 14.7 Å². The maximum Gasteiger partial charge on any atom is 0.241 e. The normalized spacial score (nSPS) is 12.8. The van der Waals surface area contributed by atoms with Gasteiger partial charge in [-0.2, -0.15) is 0 Å². The third-order valence-corrected chi connectivity index (χ3v) is 6.30. The van der Waals surface area contributed by atoms with Crippen LogP contribution in [-0.2, 0) is 16.4 Å². The summed E-state index contributed by atoms with van der Waals surface area (Å²) in [4.78, 5) is 7.88. The van der Waals surface area contributed by atoms with E-state index in [9.17, 15) is 8.42 Å². The molecule has 3 rings (SSSR count). The molecule has 0 saturated carbocycles. The first-order chi connectivity index (χ1) is 13.5. The van der Waals surface area contributed by atoms with Gasteiger partial charge in [-0.05, 0) is 42.5 Å². The van der Waals surface area contributed by atoms with Crippen LogP contribution < -0.4 is 4.72 Å². The van der Waals surface area contributed by atoms with Crippen molar-refractivity contribution in [2.45, 2.75) is 37.1 Å². The van der Waals surface area contributed by atoms with Crippen molar-refractivity contribution >= 4 is 21.6 Å². The molecule has 148 valence electrons. The molecule has 0 aliphatic heterocycles. The smallest absolute Gasteiger partial charge is 0.241 e. The number of hydrogen-bond donors (Lipinski definition) is 2. The maximum absolute atomic E-state index is 12.8. The molecule has 2 aromatic carbocycles.